The van der Waals surface area contributed by atoms with Crippen molar-refractivity contribution >= 4 is 75.4 Å². The number of hydrogen-bond donors (Lipinski definition) is 10. The number of aliphatic hydroxyl groups excluding tert-OH is 1. The van der Waals surface area contributed by atoms with E-state index in [1.54, 1.807) is 13.1 Å². The molecule has 2 heterocycles. The third-order valence-electron chi connectivity index (χ3n) is 15.4. The fourth-order valence-corrected chi connectivity index (χ4v) is 10.1. The van der Waals surface area contributed by atoms with Crippen LogP contribution in [0.15, 0.2) is 42.6 Å². The van der Waals surface area contributed by atoms with E-state index in [-0.39, 0.29) is 62.6 Å². The second-order valence-corrected chi connectivity index (χ2v) is 22.2. The number of allylic oxidation sites excluding steroid dienone is 2. The summed E-state index contributed by atoms with van der Waals surface area (Å²) in [4.78, 5) is 152. The maximum absolute atomic E-state index is 14.6. The molecule has 9 atom stereocenters. The Morgan fingerprint density at radius 1 is 0.795 bits per heavy atom. The molecule has 1 fully saturated rings. The van der Waals surface area contributed by atoms with Gasteiger partial charge in [-0.05, 0) is 110 Å². The zero-order chi connectivity index (χ0) is 57.7. The summed E-state index contributed by atoms with van der Waals surface area (Å²) in [6.45, 7) is 7.69. The first-order valence-corrected chi connectivity index (χ1v) is 27.6. The van der Waals surface area contributed by atoms with Gasteiger partial charge in [0.2, 0.25) is 52.9 Å². The molecule has 2 aromatic rings. The van der Waals surface area contributed by atoms with Crippen LogP contribution in [0.5, 0.6) is 0 Å². The van der Waals surface area contributed by atoms with Crippen molar-refractivity contribution in [2.45, 2.75) is 193 Å². The number of Topliss-reactive ketones (excluding diaryl/α,β-unsaturated/α-hetero) is 4. The second kappa shape index (κ2) is 30.5. The number of benzene rings is 1. The number of amides is 7. The number of H-pyrrole nitrogens is 1. The number of aromatic nitrogens is 1. The normalized spacial score (nSPS) is 25.9. The van der Waals surface area contributed by atoms with E-state index in [2.05, 4.69) is 36.9 Å². The Kier molecular flexibility index (Phi) is 25.0. The van der Waals surface area contributed by atoms with Crippen molar-refractivity contribution in [3.05, 3.63) is 48.2 Å². The fraction of sp³-hybridized carbons (Fsp3) is 0.632. The molecule has 78 heavy (non-hydrogen) atoms. The Labute approximate surface area is 457 Å². The van der Waals surface area contributed by atoms with Gasteiger partial charge in [0.25, 0.3) is 0 Å². The van der Waals surface area contributed by atoms with Gasteiger partial charge >= 0.3 is 0 Å². The van der Waals surface area contributed by atoms with Crippen molar-refractivity contribution in [3.8, 4) is 0 Å². The molecule has 4 rings (SSSR count). The summed E-state index contributed by atoms with van der Waals surface area (Å²) in [5.74, 6) is -9.45. The van der Waals surface area contributed by atoms with E-state index in [9.17, 15) is 57.8 Å². The quantitative estimate of drug-likeness (QED) is 0.0806. The Morgan fingerprint density at radius 3 is 2.10 bits per heavy atom. The second-order valence-electron chi connectivity index (χ2n) is 22.2. The minimum Gasteiger partial charge on any atom is -0.394 e. The van der Waals surface area contributed by atoms with Crippen LogP contribution in [0.25, 0.3) is 10.9 Å². The molecule has 0 bridgehead atoms. The standard InChI is InChI=1S/C57H85N9O12/c1-34(68)30-56(5)25-16-12-10-8-7-9-11-13-17-26-57(6,55(78)65-45(33-67)54(77)64-37(4)51(74)63-36(3)50(59)73)66-53(76)41(27-38-19-18-20-38)32-61-44(23-24-47(58)70)49(72)48(71)35(2)62-52(75)39(29-46(56)69)28-40-31-60-43-22-15-14-21-42(40)43/h9,11,14-15,21-22,31,35-39,41,44-45,60-61,67H,7-8,10,12-13,16-20,23-30,32-33H2,1-6H3,(H2,58,70)(H2,59,73)(H,62,75)(H,63,74)(H,64,77)(H,65,78)(H,66,76)/b11-9+/t35?,36?,37-,39+,41+,44-,45?,56-,57-/m0/s1. The molecule has 21 nitrogen and oxygen atoms in total. The minimum atomic E-state index is -1.69. The molecule has 1 saturated carbocycles. The lowest BCUT2D eigenvalue weighted by Crippen LogP contribution is -2.63. The molecule has 2 aliphatic rings. The fourth-order valence-electron chi connectivity index (χ4n) is 10.1. The van der Waals surface area contributed by atoms with Crippen LogP contribution in [-0.2, 0) is 59.2 Å². The van der Waals surface area contributed by atoms with E-state index in [1.165, 1.54) is 34.6 Å². The molecule has 7 amide bonds. The SMILES string of the molecule is CC(=O)C[C@]1(C)CCCCCC/C=C/CCC[C@@](C)(C(=O)NC(CO)C(=O)N[C@@H](C)C(=O)NC(C)C(N)=O)NC(=O)[C@H](CC2CCC2)CN[C@@H](CCC(N)=O)C(=O)C(=O)C(C)NC(=O)[C@H](Cc2c[nH]c3ccccc23)CC1=O. The van der Waals surface area contributed by atoms with Crippen LogP contribution < -0.4 is 43.4 Å². The van der Waals surface area contributed by atoms with Gasteiger partial charge in [0.15, 0.2) is 0 Å². The average molecular weight is 1090 g/mol. The Balaban J connectivity index is 1.67. The van der Waals surface area contributed by atoms with E-state index in [0.717, 1.165) is 61.4 Å². The summed E-state index contributed by atoms with van der Waals surface area (Å²) in [7, 11) is 0. The zero-order valence-corrected chi connectivity index (χ0v) is 46.4. The smallest absolute Gasteiger partial charge is 0.246 e. The van der Waals surface area contributed by atoms with Gasteiger partial charge in [-0.2, -0.15) is 0 Å². The Bertz CT molecular complexity index is 2510. The highest BCUT2D eigenvalue weighted by Crippen LogP contribution is 2.35. The van der Waals surface area contributed by atoms with Crippen molar-refractivity contribution in [2.75, 3.05) is 13.2 Å². The largest absolute Gasteiger partial charge is 0.394 e. The van der Waals surface area contributed by atoms with Crippen LogP contribution >= 0.6 is 0 Å². The number of nitrogens with one attached hydrogen (secondary N) is 7. The first-order chi connectivity index (χ1) is 36.9. The number of primary amides is 2. The highest BCUT2D eigenvalue weighted by molar-refractivity contribution is 6.41. The average Bonchev–Trinajstić information content (AvgIpc) is 3.78. The highest BCUT2D eigenvalue weighted by Gasteiger charge is 2.41. The number of ketones is 4. The maximum atomic E-state index is 14.6. The van der Waals surface area contributed by atoms with Crippen molar-refractivity contribution in [1.29, 1.82) is 0 Å². The summed E-state index contributed by atoms with van der Waals surface area (Å²) in [6.07, 6.45) is 13.2. The molecule has 12 N–H and O–H groups in total. The molecule has 0 radical (unpaired) electrons. The molecule has 0 spiro atoms. The van der Waals surface area contributed by atoms with Gasteiger partial charge in [0.1, 0.15) is 35.2 Å². The molecule has 430 valence electrons. The van der Waals surface area contributed by atoms with E-state index in [4.69, 9.17) is 11.5 Å². The number of carbonyl (C=O) groups is 11. The Morgan fingerprint density at radius 2 is 1.46 bits per heavy atom. The van der Waals surface area contributed by atoms with Crippen LogP contribution in [0.4, 0.5) is 0 Å². The van der Waals surface area contributed by atoms with Crippen LogP contribution in [-0.4, -0.2) is 123 Å². The first kappa shape index (κ1) is 63.9. The van der Waals surface area contributed by atoms with Crippen LogP contribution in [0.3, 0.4) is 0 Å². The number of aromatic amines is 1. The maximum Gasteiger partial charge on any atom is 0.246 e. The summed E-state index contributed by atoms with van der Waals surface area (Å²) >= 11 is 0. The third kappa shape index (κ3) is 19.4. The number of para-hydroxylation sites is 1. The number of aliphatic hydroxyl groups is 1. The van der Waals surface area contributed by atoms with Gasteiger partial charge in [0, 0.05) is 54.2 Å². The lowest BCUT2D eigenvalue weighted by Gasteiger charge is -2.35. The highest BCUT2D eigenvalue weighted by atomic mass is 16.3. The van der Waals surface area contributed by atoms with Crippen molar-refractivity contribution in [3.63, 3.8) is 0 Å². The van der Waals surface area contributed by atoms with Gasteiger partial charge in [-0.3, -0.25) is 52.7 Å². The molecule has 1 aliphatic heterocycles. The number of nitrogens with two attached hydrogens (primary N) is 2. The van der Waals surface area contributed by atoms with E-state index >= 15 is 0 Å². The predicted molar refractivity (Wildman–Crippen MR) is 292 cm³/mol. The van der Waals surface area contributed by atoms with E-state index in [1.807, 2.05) is 36.4 Å². The zero-order valence-electron chi connectivity index (χ0n) is 46.4. The number of carbonyl (C=O) groups excluding carboxylic acids is 11. The molecule has 0 saturated heterocycles. The first-order valence-electron chi connectivity index (χ1n) is 27.6. The third-order valence-corrected chi connectivity index (χ3v) is 15.4. The van der Waals surface area contributed by atoms with Gasteiger partial charge in [0.05, 0.1) is 24.6 Å². The molecule has 1 aromatic heterocycles. The topological polar surface area (TPSA) is 348 Å². The number of hydrogen-bond acceptors (Lipinski definition) is 13. The van der Waals surface area contributed by atoms with Crippen molar-refractivity contribution in [1.82, 2.24) is 36.9 Å². The van der Waals surface area contributed by atoms with Gasteiger partial charge in [-0.25, -0.2) is 0 Å². The van der Waals surface area contributed by atoms with E-state index in [0.29, 0.717) is 32.1 Å². The van der Waals surface area contributed by atoms with Gasteiger partial charge in [-0.15, -0.1) is 0 Å². The summed E-state index contributed by atoms with van der Waals surface area (Å²) in [5, 5.41) is 27.1. The molecular formula is C57H85N9O12. The number of rotatable bonds is 17. The molecular weight excluding hydrogens is 1000 g/mol. The molecule has 1 aromatic carbocycles. The monoisotopic (exact) mass is 1090 g/mol. The molecule has 3 unspecified atom stereocenters. The van der Waals surface area contributed by atoms with E-state index < -0.39 is 113 Å². The lowest BCUT2D eigenvalue weighted by atomic mass is 9.73. The predicted octanol–water partition coefficient (Wildman–Crippen LogP) is 2.87. The van der Waals surface area contributed by atoms with Crippen LogP contribution in [0, 0.1) is 23.2 Å². The minimum absolute atomic E-state index is 0.0145. The lowest BCUT2D eigenvalue weighted by molar-refractivity contribution is -0.141. The van der Waals surface area contributed by atoms with Crippen molar-refractivity contribution < 1.29 is 57.8 Å². The van der Waals surface area contributed by atoms with Crippen LogP contribution in [0.1, 0.15) is 156 Å². The Hall–Kier alpha value is -6.61. The van der Waals surface area contributed by atoms with Crippen molar-refractivity contribution in [2.24, 2.45) is 34.6 Å². The summed E-state index contributed by atoms with van der Waals surface area (Å²) in [5.41, 5.74) is 9.61. The molecule has 1 aliphatic carbocycles. The summed E-state index contributed by atoms with van der Waals surface area (Å²) < 4.78 is 0. The summed E-state index contributed by atoms with van der Waals surface area (Å²) in [6, 6.07) is 0.943. The van der Waals surface area contributed by atoms with Gasteiger partial charge < -0.3 is 53.5 Å². The van der Waals surface area contributed by atoms with Gasteiger partial charge in [-0.1, -0.05) is 75.8 Å². The molecule has 21 heteroatoms. The van der Waals surface area contributed by atoms with Crippen LogP contribution in [0.2, 0.25) is 0 Å². The number of fused-ring (bicyclic) bond motifs is 1.